The van der Waals surface area contributed by atoms with E-state index in [1.807, 2.05) is 12.3 Å². The molecule has 0 saturated heterocycles. The molecule has 0 aliphatic rings. The Morgan fingerprint density at radius 3 is 2.26 bits per heavy atom. The first-order chi connectivity index (χ1) is 9.36. The summed E-state index contributed by atoms with van der Waals surface area (Å²) in [6, 6.07) is 2.63. The Morgan fingerprint density at radius 2 is 1.74 bits per heavy atom. The van der Waals surface area contributed by atoms with Gasteiger partial charge in [-0.15, -0.1) is 0 Å². The van der Waals surface area contributed by atoms with Gasteiger partial charge in [-0.2, -0.15) is 0 Å². The second-order valence-electron chi connectivity index (χ2n) is 5.27. The van der Waals surface area contributed by atoms with Crippen LogP contribution in [0.4, 0.5) is 0 Å². The maximum Gasteiger partial charge on any atom is 0.115 e. The molecule has 0 atom stereocenters. The van der Waals surface area contributed by atoms with Gasteiger partial charge in [-0.1, -0.05) is 52.4 Å². The number of hydrogen-bond donors (Lipinski definition) is 1. The second-order valence-corrected chi connectivity index (χ2v) is 5.27. The van der Waals surface area contributed by atoms with E-state index >= 15 is 0 Å². The number of nitrogens with one attached hydrogen (secondary N) is 1. The highest BCUT2D eigenvalue weighted by molar-refractivity contribution is 4.97. The normalized spacial score (nSPS) is 11.1. The SMILES string of the molecule is CCCCCC(CCCCC)NCc1ccncn1. The number of rotatable bonds is 11. The van der Waals surface area contributed by atoms with Gasteiger partial charge in [0.2, 0.25) is 0 Å². The van der Waals surface area contributed by atoms with E-state index in [9.17, 15) is 0 Å². The van der Waals surface area contributed by atoms with Crippen LogP contribution >= 0.6 is 0 Å². The summed E-state index contributed by atoms with van der Waals surface area (Å²) in [6.07, 6.45) is 14.0. The van der Waals surface area contributed by atoms with Gasteiger partial charge in [0.15, 0.2) is 0 Å². The highest BCUT2D eigenvalue weighted by Gasteiger charge is 2.07. The van der Waals surface area contributed by atoms with Crippen molar-refractivity contribution >= 4 is 0 Å². The molecular weight excluding hydrogens is 234 g/mol. The van der Waals surface area contributed by atoms with Crippen LogP contribution in [-0.2, 0) is 6.54 Å². The number of unbranched alkanes of at least 4 members (excludes halogenated alkanes) is 4. The van der Waals surface area contributed by atoms with Crippen LogP contribution in [-0.4, -0.2) is 16.0 Å². The van der Waals surface area contributed by atoms with Gasteiger partial charge >= 0.3 is 0 Å². The van der Waals surface area contributed by atoms with Crippen molar-refractivity contribution in [1.82, 2.24) is 15.3 Å². The lowest BCUT2D eigenvalue weighted by Crippen LogP contribution is -2.29. The van der Waals surface area contributed by atoms with E-state index in [0.29, 0.717) is 6.04 Å². The first-order valence-electron chi connectivity index (χ1n) is 7.85. The molecule has 0 unspecified atom stereocenters. The average Bonchev–Trinajstić information content (AvgIpc) is 2.45. The van der Waals surface area contributed by atoms with E-state index in [2.05, 4.69) is 29.1 Å². The van der Waals surface area contributed by atoms with E-state index in [1.165, 1.54) is 51.4 Å². The highest BCUT2D eigenvalue weighted by Crippen LogP contribution is 2.11. The van der Waals surface area contributed by atoms with Crippen molar-refractivity contribution in [3.05, 3.63) is 24.3 Å². The Hall–Kier alpha value is -0.960. The molecule has 0 aliphatic carbocycles. The first-order valence-corrected chi connectivity index (χ1v) is 7.85. The van der Waals surface area contributed by atoms with Gasteiger partial charge in [-0.25, -0.2) is 9.97 Å². The fourth-order valence-corrected chi connectivity index (χ4v) is 2.30. The largest absolute Gasteiger partial charge is 0.308 e. The fraction of sp³-hybridized carbons (Fsp3) is 0.750. The molecule has 0 fully saturated rings. The predicted molar refractivity (Wildman–Crippen MR) is 80.9 cm³/mol. The summed E-state index contributed by atoms with van der Waals surface area (Å²) in [7, 11) is 0. The third-order valence-electron chi connectivity index (χ3n) is 3.53. The standard InChI is InChI=1S/C16H29N3/c1-3-5-7-9-15(10-8-6-4-2)18-13-16-11-12-17-14-19-16/h11-12,14-15,18H,3-10,13H2,1-2H3. The van der Waals surface area contributed by atoms with Crippen LogP contribution in [0.2, 0.25) is 0 Å². The lowest BCUT2D eigenvalue weighted by molar-refractivity contribution is 0.415. The van der Waals surface area contributed by atoms with E-state index in [0.717, 1.165) is 12.2 Å². The maximum atomic E-state index is 4.27. The minimum Gasteiger partial charge on any atom is -0.308 e. The van der Waals surface area contributed by atoms with Crippen molar-refractivity contribution in [3.63, 3.8) is 0 Å². The quantitative estimate of drug-likeness (QED) is 0.611. The van der Waals surface area contributed by atoms with Crippen LogP contribution in [0.15, 0.2) is 18.6 Å². The summed E-state index contributed by atoms with van der Waals surface area (Å²) in [6.45, 7) is 5.40. The minimum absolute atomic E-state index is 0.646. The van der Waals surface area contributed by atoms with Crippen LogP contribution in [0.1, 0.15) is 70.9 Å². The molecule has 1 N–H and O–H groups in total. The molecule has 19 heavy (non-hydrogen) atoms. The monoisotopic (exact) mass is 263 g/mol. The molecule has 108 valence electrons. The van der Waals surface area contributed by atoms with Gasteiger partial charge in [0.1, 0.15) is 6.33 Å². The predicted octanol–water partition coefficient (Wildman–Crippen LogP) is 4.10. The molecule has 0 aliphatic heterocycles. The van der Waals surface area contributed by atoms with E-state index < -0.39 is 0 Å². The van der Waals surface area contributed by atoms with E-state index in [4.69, 9.17) is 0 Å². The number of aromatic nitrogens is 2. The van der Waals surface area contributed by atoms with Crippen molar-refractivity contribution in [1.29, 1.82) is 0 Å². The van der Waals surface area contributed by atoms with Crippen LogP contribution in [0.3, 0.4) is 0 Å². The summed E-state index contributed by atoms with van der Waals surface area (Å²) < 4.78 is 0. The highest BCUT2D eigenvalue weighted by atomic mass is 14.9. The smallest absolute Gasteiger partial charge is 0.115 e. The maximum absolute atomic E-state index is 4.27. The topological polar surface area (TPSA) is 37.8 Å². The zero-order valence-electron chi connectivity index (χ0n) is 12.6. The Balaban J connectivity index is 2.30. The average molecular weight is 263 g/mol. The lowest BCUT2D eigenvalue weighted by atomic mass is 10.0. The zero-order valence-corrected chi connectivity index (χ0v) is 12.6. The van der Waals surface area contributed by atoms with Crippen LogP contribution in [0.25, 0.3) is 0 Å². The summed E-state index contributed by atoms with van der Waals surface area (Å²) in [5.74, 6) is 0. The summed E-state index contributed by atoms with van der Waals surface area (Å²) in [4.78, 5) is 8.22. The molecule has 1 rings (SSSR count). The fourth-order valence-electron chi connectivity index (χ4n) is 2.30. The Bertz CT molecular complexity index is 290. The van der Waals surface area contributed by atoms with Gasteiger partial charge in [0.25, 0.3) is 0 Å². The van der Waals surface area contributed by atoms with Gasteiger partial charge in [-0.3, -0.25) is 0 Å². The van der Waals surface area contributed by atoms with Gasteiger partial charge in [0.05, 0.1) is 5.69 Å². The Kier molecular flexibility index (Phi) is 9.25. The molecule has 0 radical (unpaired) electrons. The molecule has 0 amide bonds. The lowest BCUT2D eigenvalue weighted by Gasteiger charge is -2.18. The zero-order chi connectivity index (χ0) is 13.8. The van der Waals surface area contributed by atoms with Crippen LogP contribution < -0.4 is 5.32 Å². The van der Waals surface area contributed by atoms with Gasteiger partial charge < -0.3 is 5.32 Å². The third-order valence-corrected chi connectivity index (χ3v) is 3.53. The van der Waals surface area contributed by atoms with Crippen molar-refractivity contribution in [3.8, 4) is 0 Å². The molecule has 0 aromatic carbocycles. The summed E-state index contributed by atoms with van der Waals surface area (Å²) in [5, 5.41) is 3.66. The van der Waals surface area contributed by atoms with Crippen molar-refractivity contribution in [2.45, 2.75) is 77.8 Å². The Labute approximate surface area is 118 Å². The van der Waals surface area contributed by atoms with E-state index in [1.54, 1.807) is 6.33 Å². The van der Waals surface area contributed by atoms with Crippen molar-refractivity contribution in [2.75, 3.05) is 0 Å². The molecule has 3 nitrogen and oxygen atoms in total. The molecule has 3 heteroatoms. The molecule has 1 aromatic heterocycles. The van der Waals surface area contributed by atoms with Gasteiger partial charge in [-0.05, 0) is 18.9 Å². The van der Waals surface area contributed by atoms with Crippen molar-refractivity contribution < 1.29 is 0 Å². The van der Waals surface area contributed by atoms with Gasteiger partial charge in [0, 0.05) is 18.8 Å². The first kappa shape index (κ1) is 16.1. The number of hydrogen-bond acceptors (Lipinski definition) is 3. The summed E-state index contributed by atoms with van der Waals surface area (Å²) >= 11 is 0. The molecule has 0 bridgehead atoms. The van der Waals surface area contributed by atoms with Crippen LogP contribution in [0.5, 0.6) is 0 Å². The third kappa shape index (κ3) is 7.93. The molecule has 1 heterocycles. The molecule has 1 aromatic rings. The van der Waals surface area contributed by atoms with Crippen molar-refractivity contribution in [2.24, 2.45) is 0 Å². The molecule has 0 spiro atoms. The minimum atomic E-state index is 0.646. The van der Waals surface area contributed by atoms with E-state index in [-0.39, 0.29) is 0 Å². The molecular formula is C16H29N3. The summed E-state index contributed by atoms with van der Waals surface area (Å²) in [5.41, 5.74) is 1.09. The molecule has 0 saturated carbocycles. The second kappa shape index (κ2) is 10.9. The van der Waals surface area contributed by atoms with Crippen LogP contribution in [0, 0.1) is 0 Å². The Morgan fingerprint density at radius 1 is 1.05 bits per heavy atom. The number of nitrogens with zero attached hydrogens (tertiary/aromatic N) is 2.